The molecule has 0 radical (unpaired) electrons. The van der Waals surface area contributed by atoms with Crippen molar-refractivity contribution in [1.82, 2.24) is 4.98 Å². The third kappa shape index (κ3) is 4.46. The van der Waals surface area contributed by atoms with Crippen molar-refractivity contribution < 1.29 is 37.4 Å². The molecule has 0 fully saturated rings. The van der Waals surface area contributed by atoms with Gasteiger partial charge in [0.1, 0.15) is 17.2 Å². The number of halogens is 3. The standard InChI is InChI=1S/C17H13F3N2O5/c1-16(10-2-4-11(5-3-10)26-17(18,19)20)8-14(22-27-16)25-12-6-7-13(15(23)24)21-9-12/h2-7,9H,8H2,1H3,(H,23,24)/t16-/m0/s1. The second kappa shape index (κ2) is 6.78. The van der Waals surface area contributed by atoms with Crippen molar-refractivity contribution >= 4 is 11.9 Å². The maximum atomic E-state index is 12.2. The number of rotatable bonds is 4. The Labute approximate surface area is 151 Å². The minimum absolute atomic E-state index is 0.127. The number of alkyl halides is 3. The second-order valence-electron chi connectivity index (χ2n) is 5.84. The van der Waals surface area contributed by atoms with Crippen molar-refractivity contribution in [1.29, 1.82) is 0 Å². The normalized spacial score (nSPS) is 19.2. The Morgan fingerprint density at radius 2 is 1.85 bits per heavy atom. The van der Waals surface area contributed by atoms with Crippen LogP contribution in [0.4, 0.5) is 13.2 Å². The molecule has 3 rings (SSSR count). The molecule has 0 unspecified atom stereocenters. The Hall–Kier alpha value is -3.30. The molecule has 2 heterocycles. The summed E-state index contributed by atoms with van der Waals surface area (Å²) in [5, 5.41) is 12.7. The minimum atomic E-state index is -4.76. The minimum Gasteiger partial charge on any atom is -0.477 e. The first-order valence-electron chi connectivity index (χ1n) is 7.63. The monoisotopic (exact) mass is 382 g/mol. The summed E-state index contributed by atoms with van der Waals surface area (Å²) in [6.45, 7) is 1.71. The van der Waals surface area contributed by atoms with Crippen LogP contribution in [-0.2, 0) is 10.4 Å². The molecule has 7 nitrogen and oxygen atoms in total. The lowest BCUT2D eigenvalue weighted by atomic mass is 9.93. The van der Waals surface area contributed by atoms with Gasteiger partial charge in [-0.1, -0.05) is 17.3 Å². The fourth-order valence-electron chi connectivity index (χ4n) is 2.43. The van der Waals surface area contributed by atoms with Gasteiger partial charge >= 0.3 is 12.3 Å². The summed E-state index contributed by atoms with van der Waals surface area (Å²) in [7, 11) is 0. The van der Waals surface area contributed by atoms with E-state index in [1.165, 1.54) is 42.6 Å². The van der Waals surface area contributed by atoms with Gasteiger partial charge in [0.25, 0.3) is 0 Å². The lowest BCUT2D eigenvalue weighted by Crippen LogP contribution is -2.23. The Kier molecular flexibility index (Phi) is 4.64. The van der Waals surface area contributed by atoms with E-state index in [1.807, 2.05) is 0 Å². The van der Waals surface area contributed by atoms with Crippen molar-refractivity contribution in [2.24, 2.45) is 5.16 Å². The fraction of sp³-hybridized carbons (Fsp3) is 0.235. The summed E-state index contributed by atoms with van der Waals surface area (Å²) in [6, 6.07) is 7.98. The van der Waals surface area contributed by atoms with Crippen LogP contribution < -0.4 is 9.47 Å². The molecule has 0 amide bonds. The van der Waals surface area contributed by atoms with E-state index in [9.17, 15) is 18.0 Å². The van der Waals surface area contributed by atoms with E-state index in [1.54, 1.807) is 6.92 Å². The number of hydrogen-bond acceptors (Lipinski definition) is 6. The summed E-state index contributed by atoms with van der Waals surface area (Å²) in [5.74, 6) is -0.998. The molecule has 0 bridgehead atoms. The van der Waals surface area contributed by atoms with Gasteiger partial charge in [-0.3, -0.25) is 0 Å². The number of pyridine rings is 1. The number of carboxylic acids is 1. The van der Waals surface area contributed by atoms with Crippen LogP contribution in [0.3, 0.4) is 0 Å². The zero-order valence-corrected chi connectivity index (χ0v) is 13.9. The summed E-state index contributed by atoms with van der Waals surface area (Å²) in [4.78, 5) is 19.9. The first kappa shape index (κ1) is 18.5. The summed E-state index contributed by atoms with van der Waals surface area (Å²) < 4.78 is 46.0. The molecule has 0 saturated carbocycles. The lowest BCUT2D eigenvalue weighted by molar-refractivity contribution is -0.274. The molecule has 0 spiro atoms. The second-order valence-corrected chi connectivity index (χ2v) is 5.84. The number of ether oxygens (including phenoxy) is 2. The van der Waals surface area contributed by atoms with Gasteiger partial charge in [-0.05, 0) is 36.8 Å². The number of aromatic nitrogens is 1. The zero-order valence-electron chi connectivity index (χ0n) is 13.9. The van der Waals surface area contributed by atoms with Gasteiger partial charge in [0.2, 0.25) is 5.90 Å². The number of carboxylic acid groups (broad SMARTS) is 1. The predicted octanol–water partition coefficient (Wildman–Crippen LogP) is 3.71. The first-order valence-corrected chi connectivity index (χ1v) is 7.63. The Balaban J connectivity index is 1.65. The Morgan fingerprint density at radius 3 is 2.41 bits per heavy atom. The van der Waals surface area contributed by atoms with E-state index >= 15 is 0 Å². The molecule has 0 aliphatic carbocycles. The highest BCUT2D eigenvalue weighted by atomic mass is 19.4. The predicted molar refractivity (Wildman–Crippen MR) is 85.4 cm³/mol. The van der Waals surface area contributed by atoms with Crippen molar-refractivity contribution in [3.05, 3.63) is 53.9 Å². The SMILES string of the molecule is C[C@@]1(c2ccc(OC(F)(F)F)cc2)CC(Oc2ccc(C(=O)O)nc2)=NO1. The van der Waals surface area contributed by atoms with E-state index in [0.29, 0.717) is 5.56 Å². The quantitative estimate of drug-likeness (QED) is 0.867. The number of aromatic carboxylic acids is 1. The molecule has 1 aromatic heterocycles. The van der Waals surface area contributed by atoms with Crippen LogP contribution in [0.5, 0.6) is 11.5 Å². The molecule has 1 aromatic carbocycles. The topological polar surface area (TPSA) is 90.2 Å². The van der Waals surface area contributed by atoms with Gasteiger partial charge in [-0.2, -0.15) is 0 Å². The van der Waals surface area contributed by atoms with Crippen LogP contribution in [0.1, 0.15) is 29.4 Å². The maximum Gasteiger partial charge on any atom is 0.573 e. The number of oxime groups is 1. The molecule has 1 aliphatic heterocycles. The highest BCUT2D eigenvalue weighted by Crippen LogP contribution is 2.36. The van der Waals surface area contributed by atoms with E-state index in [4.69, 9.17) is 14.7 Å². The third-order valence-corrected chi connectivity index (χ3v) is 3.73. The van der Waals surface area contributed by atoms with Crippen molar-refractivity contribution in [2.45, 2.75) is 25.3 Å². The highest BCUT2D eigenvalue weighted by molar-refractivity contribution is 5.85. The van der Waals surface area contributed by atoms with Gasteiger partial charge in [0, 0.05) is 0 Å². The summed E-state index contributed by atoms with van der Waals surface area (Å²) in [6.07, 6.45) is -3.30. The van der Waals surface area contributed by atoms with Gasteiger partial charge < -0.3 is 19.4 Å². The van der Waals surface area contributed by atoms with E-state index in [-0.39, 0.29) is 29.5 Å². The van der Waals surface area contributed by atoms with E-state index in [0.717, 1.165) is 0 Å². The van der Waals surface area contributed by atoms with Crippen molar-refractivity contribution in [3.8, 4) is 11.5 Å². The van der Waals surface area contributed by atoms with Gasteiger partial charge in [0.15, 0.2) is 5.60 Å². The molecular formula is C17H13F3N2O5. The van der Waals surface area contributed by atoms with Crippen molar-refractivity contribution in [3.63, 3.8) is 0 Å². The van der Waals surface area contributed by atoms with E-state index in [2.05, 4.69) is 14.9 Å². The zero-order chi connectivity index (χ0) is 19.7. The average Bonchev–Trinajstić information content (AvgIpc) is 2.96. The van der Waals surface area contributed by atoms with Crippen LogP contribution in [0.2, 0.25) is 0 Å². The smallest absolute Gasteiger partial charge is 0.477 e. The molecule has 142 valence electrons. The van der Waals surface area contributed by atoms with Gasteiger partial charge in [-0.25, -0.2) is 9.78 Å². The Bertz CT molecular complexity index is 866. The maximum absolute atomic E-state index is 12.2. The first-order chi connectivity index (χ1) is 12.6. The largest absolute Gasteiger partial charge is 0.573 e. The van der Waals surface area contributed by atoms with Crippen LogP contribution in [0.25, 0.3) is 0 Å². The number of hydrogen-bond donors (Lipinski definition) is 1. The van der Waals surface area contributed by atoms with Crippen LogP contribution in [-0.4, -0.2) is 28.3 Å². The molecule has 0 saturated heterocycles. The van der Waals surface area contributed by atoms with Crippen LogP contribution in [0, 0.1) is 0 Å². The van der Waals surface area contributed by atoms with Gasteiger partial charge in [0.05, 0.1) is 12.6 Å². The molecule has 2 aromatic rings. The fourth-order valence-corrected chi connectivity index (χ4v) is 2.43. The summed E-state index contributed by atoms with van der Waals surface area (Å²) >= 11 is 0. The number of carbonyl (C=O) groups is 1. The average molecular weight is 382 g/mol. The molecule has 1 aliphatic rings. The third-order valence-electron chi connectivity index (χ3n) is 3.73. The molecule has 10 heteroatoms. The lowest BCUT2D eigenvalue weighted by Gasteiger charge is -2.21. The molecular weight excluding hydrogens is 369 g/mol. The highest BCUT2D eigenvalue weighted by Gasteiger charge is 2.38. The van der Waals surface area contributed by atoms with Gasteiger partial charge in [-0.15, -0.1) is 13.2 Å². The number of benzene rings is 1. The van der Waals surface area contributed by atoms with Crippen molar-refractivity contribution in [2.75, 3.05) is 0 Å². The van der Waals surface area contributed by atoms with Crippen LogP contribution in [0.15, 0.2) is 47.8 Å². The molecule has 1 atom stereocenters. The van der Waals surface area contributed by atoms with Crippen LogP contribution >= 0.6 is 0 Å². The Morgan fingerprint density at radius 1 is 1.19 bits per heavy atom. The summed E-state index contributed by atoms with van der Waals surface area (Å²) in [5.41, 5.74) is -0.475. The molecule has 27 heavy (non-hydrogen) atoms. The number of nitrogens with zero attached hydrogens (tertiary/aromatic N) is 2. The van der Waals surface area contributed by atoms with E-state index < -0.39 is 17.9 Å². The molecule has 1 N–H and O–H groups in total.